The first-order valence-corrected chi connectivity index (χ1v) is 5.16. The highest BCUT2D eigenvalue weighted by Crippen LogP contribution is 2.24. The Bertz CT molecular complexity index is 411. The maximum Gasteiger partial charge on any atom is 0.446 e. The summed E-state index contributed by atoms with van der Waals surface area (Å²) in [4.78, 5) is 0.359. The quantitative estimate of drug-likeness (QED) is 0.585. The van der Waals surface area contributed by atoms with E-state index in [2.05, 4.69) is 16.8 Å². The molecular weight excluding hydrogens is 212 g/mol. The molecule has 1 aromatic carbocycles. The van der Waals surface area contributed by atoms with Crippen LogP contribution in [-0.2, 0) is 10.4 Å². The van der Waals surface area contributed by atoms with Crippen LogP contribution in [0.1, 0.15) is 5.56 Å². The van der Waals surface area contributed by atoms with Gasteiger partial charge in [-0.3, -0.25) is 4.55 Å². The van der Waals surface area contributed by atoms with E-state index in [9.17, 15) is 8.42 Å². The Hall–Kier alpha value is -0.720. The lowest BCUT2D eigenvalue weighted by atomic mass is 10.2. The monoisotopic (exact) mass is 220 g/mol. The molecule has 0 unspecified atom stereocenters. The lowest BCUT2D eigenvalue weighted by Gasteiger charge is -2.04. The molecule has 0 radical (unpaired) electrons. The van der Waals surface area contributed by atoms with E-state index in [4.69, 9.17) is 4.55 Å². The highest BCUT2D eigenvalue weighted by atomic mass is 32.3. The maximum absolute atomic E-state index is 10.3. The van der Waals surface area contributed by atoms with Gasteiger partial charge in [0, 0.05) is 4.90 Å². The van der Waals surface area contributed by atoms with Crippen LogP contribution < -0.4 is 4.18 Å². The fourth-order valence-electron chi connectivity index (χ4n) is 0.811. The Kier molecular flexibility index (Phi) is 2.84. The van der Waals surface area contributed by atoms with Crippen LogP contribution in [0.3, 0.4) is 0 Å². The van der Waals surface area contributed by atoms with Crippen molar-refractivity contribution in [3.05, 3.63) is 23.8 Å². The summed E-state index contributed by atoms with van der Waals surface area (Å²) in [5.41, 5.74) is 0.924. The van der Waals surface area contributed by atoms with Crippen LogP contribution in [-0.4, -0.2) is 13.0 Å². The van der Waals surface area contributed by atoms with Crippen molar-refractivity contribution in [1.82, 2.24) is 0 Å². The molecular formula is C7H8O4S2. The van der Waals surface area contributed by atoms with Crippen molar-refractivity contribution in [2.45, 2.75) is 11.8 Å². The fourth-order valence-corrected chi connectivity index (χ4v) is 1.57. The van der Waals surface area contributed by atoms with Gasteiger partial charge in [0.15, 0.2) is 5.75 Å². The van der Waals surface area contributed by atoms with Gasteiger partial charge < -0.3 is 4.18 Å². The lowest BCUT2D eigenvalue weighted by Crippen LogP contribution is -2.07. The lowest BCUT2D eigenvalue weighted by molar-refractivity contribution is 0.383. The molecule has 6 heteroatoms. The molecule has 4 nitrogen and oxygen atoms in total. The molecule has 0 amide bonds. The molecule has 0 saturated carbocycles. The van der Waals surface area contributed by atoms with Crippen molar-refractivity contribution in [3.63, 3.8) is 0 Å². The summed E-state index contributed by atoms with van der Waals surface area (Å²) in [6.07, 6.45) is 0. The summed E-state index contributed by atoms with van der Waals surface area (Å²) in [6.45, 7) is 1.83. The van der Waals surface area contributed by atoms with E-state index in [0.717, 1.165) is 5.56 Å². The largest absolute Gasteiger partial charge is 0.446 e. The highest BCUT2D eigenvalue weighted by molar-refractivity contribution is 7.81. The van der Waals surface area contributed by atoms with Gasteiger partial charge in [0.2, 0.25) is 0 Å². The van der Waals surface area contributed by atoms with Crippen molar-refractivity contribution in [2.75, 3.05) is 0 Å². The third-order valence-electron chi connectivity index (χ3n) is 1.31. The van der Waals surface area contributed by atoms with E-state index < -0.39 is 10.4 Å². The molecule has 0 aliphatic heterocycles. The van der Waals surface area contributed by atoms with E-state index >= 15 is 0 Å². The molecule has 72 valence electrons. The zero-order valence-corrected chi connectivity index (χ0v) is 8.47. The van der Waals surface area contributed by atoms with Crippen LogP contribution >= 0.6 is 12.6 Å². The predicted molar refractivity (Wildman–Crippen MR) is 50.6 cm³/mol. The summed E-state index contributed by atoms with van der Waals surface area (Å²) in [6, 6.07) is 4.70. The molecule has 1 aromatic rings. The number of thiol groups is 1. The normalized spacial score (nSPS) is 11.3. The van der Waals surface area contributed by atoms with Gasteiger partial charge in [-0.1, -0.05) is 6.07 Å². The SMILES string of the molecule is Cc1ccc(OS(=O)(=O)O)c(S)c1. The van der Waals surface area contributed by atoms with Gasteiger partial charge in [0.1, 0.15) is 0 Å². The van der Waals surface area contributed by atoms with E-state index in [0.29, 0.717) is 4.90 Å². The zero-order chi connectivity index (χ0) is 10.1. The Morgan fingerprint density at radius 2 is 2.08 bits per heavy atom. The molecule has 0 aliphatic carbocycles. The summed E-state index contributed by atoms with van der Waals surface area (Å²) in [7, 11) is -4.46. The second-order valence-corrected chi connectivity index (χ2v) is 3.99. The van der Waals surface area contributed by atoms with Crippen LogP contribution in [0.4, 0.5) is 0 Å². The van der Waals surface area contributed by atoms with E-state index in [1.54, 1.807) is 12.1 Å². The third-order valence-corrected chi connectivity index (χ3v) is 2.05. The summed E-state index contributed by atoms with van der Waals surface area (Å²) in [5, 5.41) is 0. The number of rotatable bonds is 2. The van der Waals surface area contributed by atoms with Crippen molar-refractivity contribution in [2.24, 2.45) is 0 Å². The standard InChI is InChI=1S/C7H8O4S2/c1-5-2-3-6(7(12)4-5)11-13(8,9)10/h2-4,12H,1H3,(H,8,9,10). The van der Waals surface area contributed by atoms with Crippen molar-refractivity contribution in [3.8, 4) is 5.75 Å². The van der Waals surface area contributed by atoms with Gasteiger partial charge in [-0.2, -0.15) is 8.42 Å². The van der Waals surface area contributed by atoms with Crippen LogP contribution in [0.15, 0.2) is 23.1 Å². The Morgan fingerprint density at radius 1 is 1.46 bits per heavy atom. The minimum absolute atomic E-state index is 0.0106. The third kappa shape index (κ3) is 3.25. The Morgan fingerprint density at radius 3 is 2.54 bits per heavy atom. The van der Waals surface area contributed by atoms with E-state index in [1.807, 2.05) is 6.92 Å². The van der Waals surface area contributed by atoms with Crippen LogP contribution in [0.5, 0.6) is 5.75 Å². The van der Waals surface area contributed by atoms with E-state index in [-0.39, 0.29) is 5.75 Å². The van der Waals surface area contributed by atoms with Crippen molar-refractivity contribution in [1.29, 1.82) is 0 Å². The second kappa shape index (κ2) is 3.57. The predicted octanol–water partition coefficient (Wildman–Crippen LogP) is 1.47. The smallest absolute Gasteiger partial charge is 0.361 e. The minimum Gasteiger partial charge on any atom is -0.361 e. The first-order valence-electron chi connectivity index (χ1n) is 3.35. The van der Waals surface area contributed by atoms with Gasteiger partial charge >= 0.3 is 10.4 Å². The molecule has 1 rings (SSSR count). The summed E-state index contributed by atoms with van der Waals surface area (Å²) >= 11 is 3.98. The molecule has 0 aromatic heterocycles. The summed E-state index contributed by atoms with van der Waals surface area (Å²) < 4.78 is 33.3. The first-order chi connectivity index (χ1) is 5.88. The number of benzene rings is 1. The Labute approximate surface area is 81.9 Å². The first kappa shape index (κ1) is 10.4. The number of hydrogen-bond acceptors (Lipinski definition) is 4. The molecule has 0 aliphatic rings. The average Bonchev–Trinajstić information content (AvgIpc) is 1.93. The molecule has 1 N–H and O–H groups in total. The highest BCUT2D eigenvalue weighted by Gasteiger charge is 2.09. The average molecular weight is 220 g/mol. The van der Waals surface area contributed by atoms with Gasteiger partial charge in [-0.25, -0.2) is 0 Å². The van der Waals surface area contributed by atoms with Crippen LogP contribution in [0.2, 0.25) is 0 Å². The van der Waals surface area contributed by atoms with Crippen molar-refractivity contribution >= 4 is 23.0 Å². The molecule has 13 heavy (non-hydrogen) atoms. The molecule has 0 atom stereocenters. The molecule has 0 saturated heterocycles. The zero-order valence-electron chi connectivity index (χ0n) is 6.76. The van der Waals surface area contributed by atoms with Crippen LogP contribution in [0, 0.1) is 6.92 Å². The molecule has 0 spiro atoms. The van der Waals surface area contributed by atoms with Gasteiger partial charge in [0.25, 0.3) is 0 Å². The number of aryl methyl sites for hydroxylation is 1. The van der Waals surface area contributed by atoms with Gasteiger partial charge in [0.05, 0.1) is 0 Å². The molecule has 0 heterocycles. The molecule has 0 fully saturated rings. The van der Waals surface area contributed by atoms with Gasteiger partial charge in [-0.15, -0.1) is 12.6 Å². The van der Waals surface area contributed by atoms with Gasteiger partial charge in [-0.05, 0) is 24.6 Å². The molecule has 0 bridgehead atoms. The van der Waals surface area contributed by atoms with Crippen LogP contribution in [0.25, 0.3) is 0 Å². The fraction of sp³-hybridized carbons (Fsp3) is 0.143. The Balaban J connectivity index is 3.04. The minimum atomic E-state index is -4.46. The summed E-state index contributed by atoms with van der Waals surface area (Å²) in [5.74, 6) is 0.0106. The van der Waals surface area contributed by atoms with E-state index in [1.165, 1.54) is 6.07 Å². The second-order valence-electron chi connectivity index (χ2n) is 2.48. The number of hydrogen-bond donors (Lipinski definition) is 2. The maximum atomic E-state index is 10.3. The topological polar surface area (TPSA) is 63.6 Å². The van der Waals surface area contributed by atoms with Crippen molar-refractivity contribution < 1.29 is 17.2 Å².